The molecule has 0 saturated carbocycles. The van der Waals surface area contributed by atoms with E-state index < -0.39 is 5.60 Å². The van der Waals surface area contributed by atoms with E-state index in [1.165, 1.54) is 0 Å². The molecular weight excluding hydrogens is 338 g/mol. The Balaban J connectivity index is 1.84. The molecule has 0 radical (unpaired) electrons. The molecule has 0 spiro atoms. The van der Waals surface area contributed by atoms with Crippen LogP contribution in [0.2, 0.25) is 5.02 Å². The van der Waals surface area contributed by atoms with Gasteiger partial charge in [0, 0.05) is 17.1 Å². The predicted octanol–water partition coefficient (Wildman–Crippen LogP) is 5.11. The minimum absolute atomic E-state index is 0.0805. The molecule has 2 aromatic rings. The maximum atomic E-state index is 12.5. The summed E-state index contributed by atoms with van der Waals surface area (Å²) in [6.07, 6.45) is 3.34. The molecule has 0 aliphatic carbocycles. The van der Waals surface area contributed by atoms with Crippen LogP contribution in [-0.2, 0) is 4.74 Å². The summed E-state index contributed by atoms with van der Waals surface area (Å²) in [5.41, 5.74) is 2.44. The zero-order valence-corrected chi connectivity index (χ0v) is 15.9. The van der Waals surface area contributed by atoms with Crippen LogP contribution in [0, 0.1) is 6.92 Å². The number of halogens is 1. The lowest BCUT2D eigenvalue weighted by molar-refractivity contribution is 0.0219. The average Bonchev–Trinajstić information content (AvgIpc) is 3.16. The van der Waals surface area contributed by atoms with Crippen molar-refractivity contribution >= 4 is 17.7 Å². The van der Waals surface area contributed by atoms with Crippen LogP contribution in [0.5, 0.6) is 0 Å². The Bertz CT molecular complexity index is 779. The van der Waals surface area contributed by atoms with Gasteiger partial charge >= 0.3 is 6.09 Å². The molecule has 1 fully saturated rings. The topological polar surface area (TPSA) is 58.2 Å². The van der Waals surface area contributed by atoms with Gasteiger partial charge in [-0.15, -0.1) is 0 Å². The van der Waals surface area contributed by atoms with E-state index in [2.05, 4.69) is 9.97 Å². The van der Waals surface area contributed by atoms with Crippen LogP contribution in [-0.4, -0.2) is 33.1 Å². The Morgan fingerprint density at radius 2 is 2.16 bits per heavy atom. The fourth-order valence-corrected chi connectivity index (χ4v) is 3.31. The number of aromatic nitrogens is 2. The third-order valence-electron chi connectivity index (χ3n) is 4.35. The Morgan fingerprint density at radius 1 is 1.40 bits per heavy atom. The van der Waals surface area contributed by atoms with Gasteiger partial charge in [-0.3, -0.25) is 4.90 Å². The van der Waals surface area contributed by atoms with Crippen LogP contribution >= 0.6 is 11.6 Å². The summed E-state index contributed by atoms with van der Waals surface area (Å²) in [4.78, 5) is 22.1. The van der Waals surface area contributed by atoms with Gasteiger partial charge in [-0.1, -0.05) is 23.7 Å². The molecule has 1 aromatic carbocycles. The van der Waals surface area contributed by atoms with Crippen LogP contribution in [0.25, 0.3) is 11.3 Å². The maximum Gasteiger partial charge on any atom is 0.410 e. The summed E-state index contributed by atoms with van der Waals surface area (Å²) in [5, 5.41) is 0.727. The van der Waals surface area contributed by atoms with E-state index in [0.717, 1.165) is 40.5 Å². The van der Waals surface area contributed by atoms with Gasteiger partial charge in [-0.2, -0.15) is 0 Å². The Hall–Kier alpha value is -2.01. The monoisotopic (exact) mass is 361 g/mol. The smallest absolute Gasteiger partial charge is 0.410 e. The van der Waals surface area contributed by atoms with Crippen LogP contribution < -0.4 is 0 Å². The number of hydrogen-bond donors (Lipinski definition) is 1. The average molecular weight is 362 g/mol. The summed E-state index contributed by atoms with van der Waals surface area (Å²) in [6.45, 7) is 8.31. The number of rotatable bonds is 2. The largest absolute Gasteiger partial charge is 0.444 e. The molecule has 5 nitrogen and oxygen atoms in total. The van der Waals surface area contributed by atoms with E-state index >= 15 is 0 Å². The Kier molecular flexibility index (Phi) is 4.78. The molecule has 134 valence electrons. The minimum Gasteiger partial charge on any atom is -0.444 e. The number of benzene rings is 1. The van der Waals surface area contributed by atoms with Crippen molar-refractivity contribution in [2.75, 3.05) is 6.54 Å². The molecule has 1 aliphatic heterocycles. The van der Waals surface area contributed by atoms with E-state index in [4.69, 9.17) is 16.3 Å². The van der Waals surface area contributed by atoms with E-state index in [1.807, 2.05) is 45.9 Å². The fraction of sp³-hybridized carbons (Fsp3) is 0.474. The van der Waals surface area contributed by atoms with Crippen molar-refractivity contribution < 1.29 is 9.53 Å². The highest BCUT2D eigenvalue weighted by atomic mass is 35.5. The number of likely N-dealkylation sites (tertiary alicyclic amines) is 1. The third kappa shape index (κ3) is 3.82. The zero-order valence-electron chi connectivity index (χ0n) is 15.1. The molecule has 0 bridgehead atoms. The number of imidazole rings is 1. The molecule has 2 heterocycles. The molecule has 1 saturated heterocycles. The lowest BCUT2D eigenvalue weighted by atomic mass is 10.1. The van der Waals surface area contributed by atoms with Crippen molar-refractivity contribution in [3.05, 3.63) is 40.8 Å². The van der Waals surface area contributed by atoms with Crippen molar-refractivity contribution in [1.29, 1.82) is 0 Å². The molecule has 1 N–H and O–H groups in total. The van der Waals surface area contributed by atoms with Crippen LogP contribution in [0.1, 0.15) is 51.0 Å². The van der Waals surface area contributed by atoms with Crippen LogP contribution in [0.15, 0.2) is 24.4 Å². The second-order valence-electron chi connectivity index (χ2n) is 7.43. The summed E-state index contributed by atoms with van der Waals surface area (Å²) in [6, 6.07) is 5.73. The summed E-state index contributed by atoms with van der Waals surface area (Å²) in [5.74, 6) is 0.790. The van der Waals surface area contributed by atoms with Crippen molar-refractivity contribution in [1.82, 2.24) is 14.9 Å². The van der Waals surface area contributed by atoms with Gasteiger partial charge in [-0.05, 0) is 52.2 Å². The first kappa shape index (κ1) is 17.8. The molecular formula is C19H24ClN3O2. The summed E-state index contributed by atoms with van der Waals surface area (Å²) >= 11 is 6.22. The third-order valence-corrected chi connectivity index (χ3v) is 4.76. The van der Waals surface area contributed by atoms with Crippen molar-refractivity contribution in [3.8, 4) is 11.3 Å². The highest BCUT2D eigenvalue weighted by molar-refractivity contribution is 6.31. The number of ether oxygens (including phenoxy) is 1. The second kappa shape index (κ2) is 6.71. The molecule has 25 heavy (non-hydrogen) atoms. The van der Waals surface area contributed by atoms with Gasteiger partial charge in [0.25, 0.3) is 0 Å². The molecule has 1 atom stereocenters. The highest BCUT2D eigenvalue weighted by Crippen LogP contribution is 2.34. The van der Waals surface area contributed by atoms with Crippen LogP contribution in [0.4, 0.5) is 4.79 Å². The normalized spacial score (nSPS) is 17.8. The number of aromatic amines is 1. The molecule has 3 rings (SSSR count). The van der Waals surface area contributed by atoms with Crippen LogP contribution in [0.3, 0.4) is 0 Å². The number of nitrogens with one attached hydrogen (secondary N) is 1. The first-order chi connectivity index (χ1) is 11.8. The van der Waals surface area contributed by atoms with E-state index in [9.17, 15) is 4.79 Å². The maximum absolute atomic E-state index is 12.5. The molecule has 1 aliphatic rings. The van der Waals surface area contributed by atoms with Gasteiger partial charge < -0.3 is 9.72 Å². The molecule has 0 unspecified atom stereocenters. The molecule has 6 heteroatoms. The zero-order chi connectivity index (χ0) is 18.2. The minimum atomic E-state index is -0.504. The number of nitrogens with zero attached hydrogens (tertiary/aromatic N) is 2. The highest BCUT2D eigenvalue weighted by Gasteiger charge is 2.34. The number of amides is 1. The summed E-state index contributed by atoms with van der Waals surface area (Å²) < 4.78 is 5.53. The lowest BCUT2D eigenvalue weighted by Gasteiger charge is -2.27. The molecule has 1 aromatic heterocycles. The second-order valence-corrected chi connectivity index (χ2v) is 7.83. The standard InChI is InChI=1S/C19H24ClN3O2/c1-12-13(7-5-8-14(12)20)15-11-21-17(22-15)16-9-6-10-23(16)18(24)25-19(2,3)4/h5,7-8,11,16H,6,9-10H2,1-4H3,(H,21,22)/t16-/m0/s1. The van der Waals surface area contributed by atoms with Gasteiger partial charge in [0.1, 0.15) is 11.4 Å². The number of hydrogen-bond acceptors (Lipinski definition) is 3. The van der Waals surface area contributed by atoms with Gasteiger partial charge in [0.05, 0.1) is 17.9 Å². The van der Waals surface area contributed by atoms with Crippen molar-refractivity contribution in [2.45, 2.75) is 52.2 Å². The summed E-state index contributed by atoms with van der Waals surface area (Å²) in [7, 11) is 0. The van der Waals surface area contributed by atoms with Gasteiger partial charge in [-0.25, -0.2) is 9.78 Å². The predicted molar refractivity (Wildman–Crippen MR) is 98.7 cm³/mol. The van der Waals surface area contributed by atoms with E-state index in [1.54, 1.807) is 11.1 Å². The number of H-pyrrole nitrogens is 1. The quantitative estimate of drug-likeness (QED) is 0.808. The first-order valence-electron chi connectivity index (χ1n) is 8.56. The lowest BCUT2D eigenvalue weighted by Crippen LogP contribution is -2.36. The van der Waals surface area contributed by atoms with Crippen molar-refractivity contribution in [2.24, 2.45) is 0 Å². The van der Waals surface area contributed by atoms with E-state index in [0.29, 0.717) is 6.54 Å². The fourth-order valence-electron chi connectivity index (χ4n) is 3.13. The van der Waals surface area contributed by atoms with E-state index in [-0.39, 0.29) is 12.1 Å². The molecule has 1 amide bonds. The van der Waals surface area contributed by atoms with Crippen molar-refractivity contribution in [3.63, 3.8) is 0 Å². The number of carbonyl (C=O) groups excluding carboxylic acids is 1. The Morgan fingerprint density at radius 3 is 2.88 bits per heavy atom. The SMILES string of the molecule is Cc1c(Cl)cccc1-c1cnc([C@@H]2CCCN2C(=O)OC(C)(C)C)[nH]1. The number of carbonyl (C=O) groups is 1. The van der Waals surface area contributed by atoms with Gasteiger partial charge in [0.2, 0.25) is 0 Å². The Labute approximate surface area is 153 Å². The first-order valence-corrected chi connectivity index (χ1v) is 8.94. The van der Waals surface area contributed by atoms with Gasteiger partial charge in [0.15, 0.2) is 0 Å².